The summed E-state index contributed by atoms with van der Waals surface area (Å²) in [6.07, 6.45) is 1.70. The summed E-state index contributed by atoms with van der Waals surface area (Å²) in [4.78, 5) is 51.1. The molecule has 3 aromatic heterocycles. The molecule has 5 atom stereocenters. The second-order valence-corrected chi connectivity index (χ2v) is 13.6. The molecule has 4 heterocycles. The van der Waals surface area contributed by atoms with Gasteiger partial charge in [-0.1, -0.05) is 0 Å². The molecule has 0 amide bonds. The monoisotopic (exact) mass is 626 g/mol. The van der Waals surface area contributed by atoms with Gasteiger partial charge < -0.3 is 44.1 Å². The number of hydrogen-bond acceptors (Lipinski definition) is 14. The number of anilines is 1. The van der Waals surface area contributed by atoms with Crippen molar-refractivity contribution in [2.24, 2.45) is 0 Å². The van der Waals surface area contributed by atoms with Crippen molar-refractivity contribution in [1.82, 2.24) is 29.1 Å². The largest absolute Gasteiger partial charge is 0.776 e. The number of nitrogens with one attached hydrogen (secondary N) is 1. The molecular weight excluding hydrogens is 589 g/mol. The summed E-state index contributed by atoms with van der Waals surface area (Å²) in [6, 6.07) is 1.22. The molecule has 1 aliphatic rings. The Hall–Kier alpha value is -3.02. The number of imidazole rings is 1. The van der Waals surface area contributed by atoms with Gasteiger partial charge in [0.05, 0.1) is 31.2 Å². The Morgan fingerprint density at radius 1 is 1.26 bits per heavy atom. The number of rotatable bonds is 14. The molecule has 17 nitrogen and oxygen atoms in total. The van der Waals surface area contributed by atoms with Crippen molar-refractivity contribution in [2.45, 2.75) is 89.2 Å². The highest BCUT2D eigenvalue weighted by atomic mass is 31.2. The lowest BCUT2D eigenvalue weighted by Gasteiger charge is -2.44. The SMILES string of the molecule is CC(C)(C[C@@H]1CC[C@H](n2ccc(=O)[nH]c2=O)O1)OP(=O)([O-])C(C)(C)OCC(OCn1cnc2c(N)ncnc21)C(O)CO. The van der Waals surface area contributed by atoms with Crippen LogP contribution in [0.25, 0.3) is 11.2 Å². The van der Waals surface area contributed by atoms with Crippen molar-refractivity contribution in [3.63, 3.8) is 0 Å². The van der Waals surface area contributed by atoms with Crippen LogP contribution in [-0.4, -0.2) is 81.8 Å². The number of hydrogen-bond donors (Lipinski definition) is 4. The van der Waals surface area contributed by atoms with Crippen molar-refractivity contribution in [3.05, 3.63) is 45.8 Å². The van der Waals surface area contributed by atoms with Crippen LogP contribution < -0.4 is 21.9 Å². The zero-order chi connectivity index (χ0) is 31.6. The van der Waals surface area contributed by atoms with Gasteiger partial charge in [-0.2, -0.15) is 0 Å². The third-order valence-corrected chi connectivity index (χ3v) is 9.25. The van der Waals surface area contributed by atoms with E-state index in [1.165, 1.54) is 47.9 Å². The van der Waals surface area contributed by atoms with Crippen molar-refractivity contribution >= 4 is 24.6 Å². The number of aromatic nitrogens is 6. The molecular formula is C25H37N7O10P-. The standard InChI is InChI=1S/C25H38N7O10P/c1-24(2,9-15-5-6-19(41-15)32-8-7-18(35)30-23(32)36)42-43(37,38)25(3,4)40-11-17(16(34)10-33)39-14-31-13-29-20-21(26)27-12-28-22(20)31/h7-8,12-13,15-17,19,33-34H,5-6,9-11,14H2,1-4H3,(H,37,38)(H2,26,27,28)(H,30,35,36)/p-1/t15-,16?,17?,19+/m0/s1. The van der Waals surface area contributed by atoms with E-state index in [1.54, 1.807) is 13.8 Å². The second kappa shape index (κ2) is 12.9. The maximum absolute atomic E-state index is 13.3. The molecule has 1 saturated heterocycles. The van der Waals surface area contributed by atoms with Crippen molar-refractivity contribution in [3.8, 4) is 0 Å². The molecule has 43 heavy (non-hydrogen) atoms. The fourth-order valence-corrected chi connectivity index (χ4v) is 5.82. The van der Waals surface area contributed by atoms with Crippen LogP contribution in [0.2, 0.25) is 0 Å². The number of aliphatic hydroxyl groups is 2. The lowest BCUT2D eigenvalue weighted by molar-refractivity contribution is -0.231. The first-order chi connectivity index (χ1) is 20.1. The van der Waals surface area contributed by atoms with Gasteiger partial charge in [-0.15, -0.1) is 0 Å². The number of nitrogen functional groups attached to an aromatic ring is 1. The maximum atomic E-state index is 13.3. The highest BCUT2D eigenvalue weighted by molar-refractivity contribution is 7.52. The van der Waals surface area contributed by atoms with Gasteiger partial charge in [0.1, 0.15) is 42.4 Å². The predicted molar refractivity (Wildman–Crippen MR) is 150 cm³/mol. The third-order valence-electron chi connectivity index (χ3n) is 7.07. The number of H-pyrrole nitrogens is 1. The number of ether oxygens (including phenoxy) is 3. The predicted octanol–water partition coefficient (Wildman–Crippen LogP) is -0.176. The Bertz CT molecular complexity index is 1570. The topological polar surface area (TPSA) is 242 Å². The zero-order valence-electron chi connectivity index (χ0n) is 24.3. The van der Waals surface area contributed by atoms with Gasteiger partial charge >= 0.3 is 5.69 Å². The molecule has 0 bridgehead atoms. The van der Waals surface area contributed by atoms with Crippen LogP contribution in [0.4, 0.5) is 5.82 Å². The van der Waals surface area contributed by atoms with Crippen LogP contribution >= 0.6 is 7.60 Å². The van der Waals surface area contributed by atoms with Gasteiger partial charge in [-0.05, 0) is 40.5 Å². The summed E-state index contributed by atoms with van der Waals surface area (Å²) in [7, 11) is -4.73. The first-order valence-electron chi connectivity index (χ1n) is 13.6. The summed E-state index contributed by atoms with van der Waals surface area (Å²) in [5.74, 6) is 0.179. The molecule has 4 rings (SSSR count). The minimum atomic E-state index is -4.73. The minimum Gasteiger partial charge on any atom is -0.776 e. The highest BCUT2D eigenvalue weighted by Crippen LogP contribution is 2.55. The zero-order valence-corrected chi connectivity index (χ0v) is 25.2. The Morgan fingerprint density at radius 3 is 2.70 bits per heavy atom. The second-order valence-electron chi connectivity index (χ2n) is 11.3. The van der Waals surface area contributed by atoms with E-state index in [-0.39, 0.29) is 19.0 Å². The van der Waals surface area contributed by atoms with E-state index in [4.69, 9.17) is 24.5 Å². The fourth-order valence-electron chi connectivity index (χ4n) is 4.64. The van der Waals surface area contributed by atoms with Crippen molar-refractivity contribution < 1.29 is 38.4 Å². The molecule has 0 aliphatic carbocycles. The van der Waals surface area contributed by atoms with E-state index in [1.807, 2.05) is 0 Å². The quantitative estimate of drug-likeness (QED) is 0.170. The summed E-state index contributed by atoms with van der Waals surface area (Å²) >= 11 is 0. The van der Waals surface area contributed by atoms with Crippen LogP contribution in [-0.2, 0) is 30.0 Å². The Kier molecular flexibility index (Phi) is 9.88. The normalized spacial score (nSPS) is 20.7. The molecule has 0 aromatic carbocycles. The Morgan fingerprint density at radius 2 is 2.00 bits per heavy atom. The van der Waals surface area contributed by atoms with Gasteiger partial charge in [0.25, 0.3) is 5.56 Å². The molecule has 1 fully saturated rings. The first-order valence-corrected chi connectivity index (χ1v) is 15.1. The average Bonchev–Trinajstić information content (AvgIpc) is 3.55. The van der Waals surface area contributed by atoms with Crippen LogP contribution in [0.1, 0.15) is 53.2 Å². The number of aliphatic hydroxyl groups excluding tert-OH is 2. The van der Waals surface area contributed by atoms with Crippen molar-refractivity contribution in [1.29, 1.82) is 0 Å². The average molecular weight is 627 g/mol. The van der Waals surface area contributed by atoms with Gasteiger partial charge in [0, 0.05) is 18.7 Å². The number of nitrogens with zero attached hydrogens (tertiary/aromatic N) is 5. The molecule has 3 aromatic rings. The van der Waals surface area contributed by atoms with Crippen LogP contribution in [0.15, 0.2) is 34.5 Å². The van der Waals surface area contributed by atoms with E-state index in [0.717, 1.165) is 0 Å². The lowest BCUT2D eigenvalue weighted by atomic mass is 9.99. The summed E-state index contributed by atoms with van der Waals surface area (Å²) in [5.41, 5.74) is 4.23. The van der Waals surface area contributed by atoms with Gasteiger partial charge in [0.2, 0.25) is 0 Å². The summed E-state index contributed by atoms with van der Waals surface area (Å²) in [6.45, 7) is 4.59. The first kappa shape index (κ1) is 32.9. The molecule has 238 valence electrons. The lowest BCUT2D eigenvalue weighted by Crippen LogP contribution is -2.42. The molecule has 0 spiro atoms. The molecule has 3 unspecified atom stereocenters. The van der Waals surface area contributed by atoms with Gasteiger partial charge in [-0.25, -0.2) is 19.7 Å². The number of aromatic amines is 1. The number of fused-ring (bicyclic) bond motifs is 1. The molecule has 5 N–H and O–H groups in total. The van der Waals surface area contributed by atoms with Crippen molar-refractivity contribution in [2.75, 3.05) is 18.9 Å². The van der Waals surface area contributed by atoms with Crippen LogP contribution in [0.3, 0.4) is 0 Å². The van der Waals surface area contributed by atoms with Crippen LogP contribution in [0.5, 0.6) is 0 Å². The van der Waals surface area contributed by atoms with E-state index in [2.05, 4.69) is 19.9 Å². The third kappa shape index (κ3) is 7.74. The van der Waals surface area contributed by atoms with Crippen LogP contribution in [0, 0.1) is 0 Å². The van der Waals surface area contributed by atoms with E-state index in [9.17, 15) is 29.3 Å². The molecule has 18 heteroatoms. The van der Waals surface area contributed by atoms with E-state index in [0.29, 0.717) is 24.0 Å². The molecule has 0 radical (unpaired) electrons. The fraction of sp³-hybridized carbons (Fsp3) is 0.640. The molecule has 0 saturated carbocycles. The van der Waals surface area contributed by atoms with E-state index < -0.39 is 67.5 Å². The maximum Gasteiger partial charge on any atom is 0.330 e. The smallest absolute Gasteiger partial charge is 0.330 e. The highest BCUT2D eigenvalue weighted by Gasteiger charge is 2.41. The van der Waals surface area contributed by atoms with E-state index >= 15 is 0 Å². The Balaban J connectivity index is 1.35. The minimum absolute atomic E-state index is 0.162. The molecule has 1 aliphatic heterocycles. The Labute approximate surface area is 246 Å². The number of nitrogens with two attached hydrogens (primary N) is 1. The summed E-state index contributed by atoms with van der Waals surface area (Å²) < 4.78 is 39.2. The van der Waals surface area contributed by atoms with Gasteiger partial charge in [0.15, 0.2) is 19.1 Å². The van der Waals surface area contributed by atoms with Gasteiger partial charge in [-0.3, -0.25) is 18.9 Å². The summed E-state index contributed by atoms with van der Waals surface area (Å²) in [5, 5.41) is 18.0.